The minimum absolute atomic E-state index is 0.209. The highest BCUT2D eigenvalue weighted by Gasteiger charge is 2.20. The third-order valence-electron chi connectivity index (χ3n) is 2.69. The summed E-state index contributed by atoms with van der Waals surface area (Å²) in [7, 11) is 0. The molecule has 0 bridgehead atoms. The maximum atomic E-state index is 11.7. The van der Waals surface area contributed by atoms with E-state index in [1.165, 1.54) is 0 Å². The summed E-state index contributed by atoms with van der Waals surface area (Å²) < 4.78 is 0. The van der Waals surface area contributed by atoms with Gasteiger partial charge in [-0.1, -0.05) is 13.8 Å². The molecule has 0 saturated carbocycles. The van der Waals surface area contributed by atoms with E-state index < -0.39 is 18.0 Å². The largest absolute Gasteiger partial charge is 0.480 e. The van der Waals surface area contributed by atoms with E-state index in [4.69, 9.17) is 5.11 Å². The molecular weight excluding hydrogens is 264 g/mol. The normalized spacial score (nSPS) is 12.2. The second-order valence-electron chi connectivity index (χ2n) is 4.87. The van der Waals surface area contributed by atoms with Crippen LogP contribution >= 0.6 is 11.3 Å². The van der Waals surface area contributed by atoms with E-state index in [1.807, 2.05) is 32.2 Å². The van der Waals surface area contributed by atoms with Gasteiger partial charge in [0.25, 0.3) is 0 Å². The zero-order chi connectivity index (χ0) is 14.4. The van der Waals surface area contributed by atoms with Crippen molar-refractivity contribution in [2.45, 2.75) is 39.8 Å². The van der Waals surface area contributed by atoms with E-state index in [9.17, 15) is 9.59 Å². The maximum absolute atomic E-state index is 11.7. The SMILES string of the molecule is Cc1ccsc1CNC(=O)N[C@@H](CC(C)C)C(=O)O. The summed E-state index contributed by atoms with van der Waals surface area (Å²) in [6, 6.07) is 0.698. The number of aliphatic carboxylic acids is 1. The number of hydrogen-bond acceptors (Lipinski definition) is 3. The number of carbonyl (C=O) groups excluding carboxylic acids is 1. The van der Waals surface area contributed by atoms with Gasteiger partial charge in [-0.2, -0.15) is 0 Å². The molecule has 3 N–H and O–H groups in total. The third-order valence-corrected chi connectivity index (χ3v) is 3.71. The van der Waals surface area contributed by atoms with E-state index in [-0.39, 0.29) is 5.92 Å². The van der Waals surface area contributed by atoms with Gasteiger partial charge in [-0.25, -0.2) is 9.59 Å². The molecule has 0 aliphatic rings. The Morgan fingerprint density at radius 1 is 1.42 bits per heavy atom. The molecule has 6 heteroatoms. The molecule has 0 fully saturated rings. The Morgan fingerprint density at radius 3 is 2.58 bits per heavy atom. The summed E-state index contributed by atoms with van der Waals surface area (Å²) in [5.41, 5.74) is 1.13. The number of carboxylic acids is 1. The summed E-state index contributed by atoms with van der Waals surface area (Å²) in [4.78, 5) is 23.8. The average molecular weight is 284 g/mol. The van der Waals surface area contributed by atoms with Gasteiger partial charge < -0.3 is 15.7 Å². The van der Waals surface area contributed by atoms with Crippen LogP contribution in [-0.4, -0.2) is 23.1 Å². The van der Waals surface area contributed by atoms with Crippen molar-refractivity contribution in [3.8, 4) is 0 Å². The number of hydrogen-bond donors (Lipinski definition) is 3. The van der Waals surface area contributed by atoms with Crippen LogP contribution in [0.1, 0.15) is 30.7 Å². The molecule has 0 spiro atoms. The molecule has 5 nitrogen and oxygen atoms in total. The van der Waals surface area contributed by atoms with Crippen LogP contribution in [0.5, 0.6) is 0 Å². The first kappa shape index (κ1) is 15.5. The van der Waals surface area contributed by atoms with Crippen molar-refractivity contribution in [3.63, 3.8) is 0 Å². The number of nitrogens with one attached hydrogen (secondary N) is 2. The maximum Gasteiger partial charge on any atom is 0.326 e. The lowest BCUT2D eigenvalue weighted by Gasteiger charge is -2.16. The van der Waals surface area contributed by atoms with Crippen molar-refractivity contribution in [2.24, 2.45) is 5.92 Å². The Labute approximate surface area is 117 Å². The lowest BCUT2D eigenvalue weighted by atomic mass is 10.0. The molecule has 2 amide bonds. The van der Waals surface area contributed by atoms with Gasteiger partial charge in [-0.15, -0.1) is 11.3 Å². The fourth-order valence-electron chi connectivity index (χ4n) is 1.65. The van der Waals surface area contributed by atoms with Crippen molar-refractivity contribution < 1.29 is 14.7 Å². The van der Waals surface area contributed by atoms with Crippen LogP contribution in [0.2, 0.25) is 0 Å². The number of aryl methyl sites for hydroxylation is 1. The van der Waals surface area contributed by atoms with Crippen LogP contribution in [-0.2, 0) is 11.3 Å². The summed E-state index contributed by atoms with van der Waals surface area (Å²) in [6.45, 7) is 6.24. The van der Waals surface area contributed by atoms with Crippen molar-refractivity contribution in [2.75, 3.05) is 0 Å². The molecule has 1 heterocycles. The molecule has 0 radical (unpaired) electrons. The Kier molecular flexibility index (Phi) is 5.82. The third kappa shape index (κ3) is 5.30. The smallest absolute Gasteiger partial charge is 0.326 e. The molecule has 0 unspecified atom stereocenters. The van der Waals surface area contributed by atoms with Crippen molar-refractivity contribution in [3.05, 3.63) is 21.9 Å². The highest BCUT2D eigenvalue weighted by atomic mass is 32.1. The monoisotopic (exact) mass is 284 g/mol. The first-order valence-electron chi connectivity index (χ1n) is 6.20. The Bertz CT molecular complexity index is 443. The summed E-state index contributed by atoms with van der Waals surface area (Å²) in [6.07, 6.45) is 0.417. The number of urea groups is 1. The molecule has 0 aromatic carbocycles. The number of rotatable bonds is 6. The van der Waals surface area contributed by atoms with Gasteiger partial charge >= 0.3 is 12.0 Å². The van der Waals surface area contributed by atoms with E-state index in [1.54, 1.807) is 11.3 Å². The molecular formula is C13H20N2O3S. The van der Waals surface area contributed by atoms with Crippen LogP contribution in [0, 0.1) is 12.8 Å². The van der Waals surface area contributed by atoms with Gasteiger partial charge in [-0.3, -0.25) is 0 Å². The Hall–Kier alpha value is -1.56. The minimum atomic E-state index is -1.00. The van der Waals surface area contributed by atoms with Crippen LogP contribution in [0.4, 0.5) is 4.79 Å². The highest BCUT2D eigenvalue weighted by Crippen LogP contribution is 2.14. The molecule has 19 heavy (non-hydrogen) atoms. The first-order chi connectivity index (χ1) is 8.90. The van der Waals surface area contributed by atoms with E-state index in [0.29, 0.717) is 13.0 Å². The topological polar surface area (TPSA) is 78.4 Å². The van der Waals surface area contributed by atoms with Crippen LogP contribution < -0.4 is 10.6 Å². The molecule has 0 aliphatic heterocycles. The summed E-state index contributed by atoms with van der Waals surface area (Å²) in [5, 5.41) is 16.2. The lowest BCUT2D eigenvalue weighted by molar-refractivity contribution is -0.139. The van der Waals surface area contributed by atoms with Gasteiger partial charge in [0.05, 0.1) is 6.54 Å². The second kappa shape index (κ2) is 7.13. The summed E-state index contributed by atoms with van der Waals surface area (Å²) >= 11 is 1.57. The number of amides is 2. The van der Waals surface area contributed by atoms with Crippen molar-refractivity contribution in [1.82, 2.24) is 10.6 Å². The predicted molar refractivity (Wildman–Crippen MR) is 75.3 cm³/mol. The van der Waals surface area contributed by atoms with E-state index in [2.05, 4.69) is 10.6 Å². The average Bonchev–Trinajstić information content (AvgIpc) is 2.70. The molecule has 0 aliphatic carbocycles. The quantitative estimate of drug-likeness (QED) is 0.750. The van der Waals surface area contributed by atoms with E-state index >= 15 is 0 Å². The Morgan fingerprint density at radius 2 is 2.11 bits per heavy atom. The molecule has 106 valence electrons. The zero-order valence-electron chi connectivity index (χ0n) is 11.4. The Balaban J connectivity index is 2.45. The van der Waals surface area contributed by atoms with E-state index in [0.717, 1.165) is 10.4 Å². The molecule has 0 saturated heterocycles. The fourth-order valence-corrected chi connectivity index (χ4v) is 2.49. The van der Waals surface area contributed by atoms with Gasteiger partial charge in [-0.05, 0) is 36.3 Å². The van der Waals surface area contributed by atoms with Gasteiger partial charge in [0.2, 0.25) is 0 Å². The number of carbonyl (C=O) groups is 2. The molecule has 1 atom stereocenters. The summed E-state index contributed by atoms with van der Waals surface area (Å²) in [5.74, 6) is -0.794. The van der Waals surface area contributed by atoms with Crippen LogP contribution in [0.25, 0.3) is 0 Å². The van der Waals surface area contributed by atoms with Gasteiger partial charge in [0, 0.05) is 4.88 Å². The molecule has 1 rings (SSSR count). The predicted octanol–water partition coefficient (Wildman–Crippen LogP) is 2.36. The fraction of sp³-hybridized carbons (Fsp3) is 0.538. The second-order valence-corrected chi connectivity index (χ2v) is 5.87. The molecule has 1 aromatic heterocycles. The molecule has 1 aromatic rings. The van der Waals surface area contributed by atoms with Gasteiger partial charge in [0.15, 0.2) is 0 Å². The first-order valence-corrected chi connectivity index (χ1v) is 7.08. The van der Waals surface area contributed by atoms with Crippen molar-refractivity contribution in [1.29, 1.82) is 0 Å². The standard InChI is InChI=1S/C13H20N2O3S/c1-8(2)6-10(12(16)17)15-13(18)14-7-11-9(3)4-5-19-11/h4-5,8,10H,6-7H2,1-3H3,(H,16,17)(H2,14,15,18)/t10-/m0/s1. The van der Waals surface area contributed by atoms with Gasteiger partial charge in [0.1, 0.15) is 6.04 Å². The van der Waals surface area contributed by atoms with Crippen LogP contribution in [0.3, 0.4) is 0 Å². The van der Waals surface area contributed by atoms with Crippen molar-refractivity contribution >= 4 is 23.3 Å². The number of thiophene rings is 1. The zero-order valence-corrected chi connectivity index (χ0v) is 12.2. The highest BCUT2D eigenvalue weighted by molar-refractivity contribution is 7.10. The lowest BCUT2D eigenvalue weighted by Crippen LogP contribution is -2.46. The number of carboxylic acid groups (broad SMARTS) is 1. The minimum Gasteiger partial charge on any atom is -0.480 e. The van der Waals surface area contributed by atoms with Crippen LogP contribution in [0.15, 0.2) is 11.4 Å².